The maximum Gasteiger partial charge on any atom is 0.225 e. The molecule has 1 fully saturated rings. The number of nitrogen functional groups attached to an aromatic ring is 1. The molecule has 0 radical (unpaired) electrons. The second-order valence-electron chi connectivity index (χ2n) is 4.56. The van der Waals surface area contributed by atoms with E-state index in [-0.39, 0.29) is 5.91 Å². The first kappa shape index (κ1) is 14.0. The van der Waals surface area contributed by atoms with Crippen LogP contribution in [0.4, 0.5) is 11.8 Å². The molecule has 2 heterocycles. The molecule has 0 spiro atoms. The fraction of sp³-hybridized carbons (Fsp3) is 0.583. The molecule has 7 heteroatoms. The topological polar surface area (TPSA) is 84.1 Å². The Morgan fingerprint density at radius 1 is 1.37 bits per heavy atom. The lowest BCUT2D eigenvalue weighted by Crippen LogP contribution is -2.36. The molecular formula is C12H18BrN5O. The Labute approximate surface area is 120 Å². The zero-order valence-electron chi connectivity index (χ0n) is 10.7. The smallest absolute Gasteiger partial charge is 0.225 e. The summed E-state index contributed by atoms with van der Waals surface area (Å²) in [6.45, 7) is 2.30. The van der Waals surface area contributed by atoms with Crippen molar-refractivity contribution in [1.29, 1.82) is 0 Å². The van der Waals surface area contributed by atoms with Gasteiger partial charge in [0.25, 0.3) is 0 Å². The minimum atomic E-state index is 0.190. The van der Waals surface area contributed by atoms with Gasteiger partial charge in [0.15, 0.2) is 0 Å². The summed E-state index contributed by atoms with van der Waals surface area (Å²) < 4.78 is 0.629. The maximum atomic E-state index is 11.9. The fourth-order valence-corrected chi connectivity index (χ4v) is 2.50. The molecule has 1 aliphatic rings. The Hall–Kier alpha value is -1.37. The van der Waals surface area contributed by atoms with Gasteiger partial charge in [-0.1, -0.05) is 0 Å². The predicted molar refractivity (Wildman–Crippen MR) is 77.7 cm³/mol. The van der Waals surface area contributed by atoms with Crippen LogP contribution in [-0.4, -0.2) is 40.4 Å². The molecule has 3 N–H and O–H groups in total. The maximum absolute atomic E-state index is 11.9. The number of nitrogens with zero attached hydrogens (tertiary/aromatic N) is 3. The summed E-state index contributed by atoms with van der Waals surface area (Å²) in [5, 5.41) is 3.02. The second-order valence-corrected chi connectivity index (χ2v) is 5.37. The first-order chi connectivity index (χ1) is 9.15. The normalized spacial score (nSPS) is 15.3. The minimum absolute atomic E-state index is 0.190. The highest BCUT2D eigenvalue weighted by Gasteiger charge is 2.15. The van der Waals surface area contributed by atoms with Gasteiger partial charge in [-0.2, -0.15) is 4.98 Å². The standard InChI is InChI=1S/C12H18BrN5O/c13-9-8-10(14)17-12(16-9)15-5-4-11(19)18-6-2-1-3-7-18/h8H,1-7H2,(H3,14,15,16,17). The lowest BCUT2D eigenvalue weighted by molar-refractivity contribution is -0.131. The number of likely N-dealkylation sites (tertiary alicyclic amines) is 1. The van der Waals surface area contributed by atoms with Crippen LogP contribution in [0, 0.1) is 0 Å². The Morgan fingerprint density at radius 3 is 2.79 bits per heavy atom. The van der Waals surface area contributed by atoms with E-state index in [4.69, 9.17) is 5.73 Å². The summed E-state index contributed by atoms with van der Waals surface area (Å²) >= 11 is 3.25. The van der Waals surface area contributed by atoms with E-state index < -0.39 is 0 Å². The second kappa shape index (κ2) is 6.70. The quantitative estimate of drug-likeness (QED) is 0.821. The van der Waals surface area contributed by atoms with Gasteiger partial charge in [0, 0.05) is 32.1 Å². The molecule has 1 amide bonds. The van der Waals surface area contributed by atoms with Gasteiger partial charge >= 0.3 is 0 Å². The molecule has 2 rings (SSSR count). The van der Waals surface area contributed by atoms with Crippen LogP contribution < -0.4 is 11.1 Å². The average Bonchev–Trinajstić information content (AvgIpc) is 2.38. The summed E-state index contributed by atoms with van der Waals surface area (Å²) in [5.41, 5.74) is 5.61. The van der Waals surface area contributed by atoms with Crippen LogP contribution >= 0.6 is 15.9 Å². The van der Waals surface area contributed by atoms with E-state index >= 15 is 0 Å². The van der Waals surface area contributed by atoms with Gasteiger partial charge in [-0.15, -0.1) is 0 Å². The van der Waals surface area contributed by atoms with Gasteiger partial charge in [0.2, 0.25) is 11.9 Å². The Morgan fingerprint density at radius 2 is 2.11 bits per heavy atom. The van der Waals surface area contributed by atoms with Crippen molar-refractivity contribution in [2.75, 3.05) is 30.7 Å². The van der Waals surface area contributed by atoms with E-state index in [9.17, 15) is 4.79 Å². The highest BCUT2D eigenvalue weighted by atomic mass is 79.9. The van der Waals surface area contributed by atoms with Crippen LogP contribution in [0.25, 0.3) is 0 Å². The van der Waals surface area contributed by atoms with Crippen molar-refractivity contribution in [2.24, 2.45) is 0 Å². The molecule has 0 saturated carbocycles. The molecule has 6 nitrogen and oxygen atoms in total. The van der Waals surface area contributed by atoms with Crippen molar-refractivity contribution >= 4 is 33.6 Å². The number of halogens is 1. The van der Waals surface area contributed by atoms with Crippen molar-refractivity contribution in [2.45, 2.75) is 25.7 Å². The Kier molecular flexibility index (Phi) is 4.95. The number of nitrogens with one attached hydrogen (secondary N) is 1. The minimum Gasteiger partial charge on any atom is -0.383 e. The van der Waals surface area contributed by atoms with Crippen molar-refractivity contribution in [3.8, 4) is 0 Å². The van der Waals surface area contributed by atoms with Gasteiger partial charge in [-0.3, -0.25) is 4.79 Å². The van der Waals surface area contributed by atoms with Crippen LogP contribution in [-0.2, 0) is 4.79 Å². The molecule has 19 heavy (non-hydrogen) atoms. The third-order valence-corrected chi connectivity index (χ3v) is 3.45. The summed E-state index contributed by atoms with van der Waals surface area (Å²) in [4.78, 5) is 22.0. The van der Waals surface area contributed by atoms with Crippen molar-refractivity contribution in [1.82, 2.24) is 14.9 Å². The number of amides is 1. The largest absolute Gasteiger partial charge is 0.383 e. The van der Waals surface area contributed by atoms with Crippen LogP contribution in [0.2, 0.25) is 0 Å². The number of nitrogens with two attached hydrogens (primary N) is 1. The fourth-order valence-electron chi connectivity index (χ4n) is 2.10. The molecule has 1 aromatic rings. The number of hydrogen-bond donors (Lipinski definition) is 2. The van der Waals surface area contributed by atoms with E-state index in [1.165, 1.54) is 6.42 Å². The van der Waals surface area contributed by atoms with Crippen LogP contribution in [0.1, 0.15) is 25.7 Å². The van der Waals surface area contributed by atoms with Gasteiger partial charge in [0.05, 0.1) is 0 Å². The van der Waals surface area contributed by atoms with E-state index in [0.717, 1.165) is 25.9 Å². The molecule has 104 valence electrons. The van der Waals surface area contributed by atoms with E-state index in [2.05, 4.69) is 31.2 Å². The lowest BCUT2D eigenvalue weighted by atomic mass is 10.1. The van der Waals surface area contributed by atoms with E-state index in [1.807, 2.05) is 4.90 Å². The molecule has 1 aromatic heterocycles. The highest BCUT2D eigenvalue weighted by Crippen LogP contribution is 2.13. The number of hydrogen-bond acceptors (Lipinski definition) is 5. The number of aromatic nitrogens is 2. The highest BCUT2D eigenvalue weighted by molar-refractivity contribution is 9.10. The summed E-state index contributed by atoms with van der Waals surface area (Å²) in [6.07, 6.45) is 3.91. The van der Waals surface area contributed by atoms with Crippen LogP contribution in [0.15, 0.2) is 10.7 Å². The summed E-state index contributed by atoms with van der Waals surface area (Å²) in [7, 11) is 0. The number of carbonyl (C=O) groups excluding carboxylic acids is 1. The summed E-state index contributed by atoms with van der Waals surface area (Å²) in [5.74, 6) is 1.03. The van der Waals surface area contributed by atoms with E-state index in [1.54, 1.807) is 6.07 Å². The van der Waals surface area contributed by atoms with Gasteiger partial charge in [-0.25, -0.2) is 4.98 Å². The first-order valence-electron chi connectivity index (χ1n) is 6.47. The third-order valence-electron chi connectivity index (χ3n) is 3.05. The molecule has 1 aliphatic heterocycles. The van der Waals surface area contributed by atoms with Gasteiger partial charge in [-0.05, 0) is 35.2 Å². The van der Waals surface area contributed by atoms with Crippen LogP contribution in [0.3, 0.4) is 0 Å². The van der Waals surface area contributed by atoms with E-state index in [0.29, 0.717) is 29.3 Å². The van der Waals surface area contributed by atoms with Gasteiger partial charge in [0.1, 0.15) is 10.4 Å². The van der Waals surface area contributed by atoms with Crippen molar-refractivity contribution in [3.63, 3.8) is 0 Å². The number of anilines is 2. The molecule has 0 aliphatic carbocycles. The molecule has 0 atom stereocenters. The zero-order chi connectivity index (χ0) is 13.7. The Balaban J connectivity index is 1.77. The summed E-state index contributed by atoms with van der Waals surface area (Å²) in [6, 6.07) is 1.63. The molecular weight excluding hydrogens is 310 g/mol. The average molecular weight is 328 g/mol. The van der Waals surface area contributed by atoms with Crippen molar-refractivity contribution < 1.29 is 4.79 Å². The predicted octanol–water partition coefficient (Wildman–Crippen LogP) is 1.64. The number of carbonyl (C=O) groups is 1. The monoisotopic (exact) mass is 327 g/mol. The lowest BCUT2D eigenvalue weighted by Gasteiger charge is -2.26. The van der Waals surface area contributed by atoms with Gasteiger partial charge < -0.3 is 16.0 Å². The van der Waals surface area contributed by atoms with Crippen molar-refractivity contribution in [3.05, 3.63) is 10.7 Å². The zero-order valence-corrected chi connectivity index (χ0v) is 12.3. The third kappa shape index (κ3) is 4.34. The number of rotatable bonds is 4. The SMILES string of the molecule is Nc1cc(Br)nc(NCCC(=O)N2CCCCC2)n1. The molecule has 0 unspecified atom stereocenters. The number of piperidine rings is 1. The molecule has 0 bridgehead atoms. The molecule has 0 aromatic carbocycles. The Bertz CT molecular complexity index is 427. The van der Waals surface area contributed by atoms with Crippen LogP contribution in [0.5, 0.6) is 0 Å². The first-order valence-corrected chi connectivity index (χ1v) is 7.26. The molecule has 1 saturated heterocycles.